The maximum atomic E-state index is 10.7. The van der Waals surface area contributed by atoms with Crippen LogP contribution in [0.25, 0.3) is 11.4 Å². The van der Waals surface area contributed by atoms with E-state index < -0.39 is 4.92 Å². The molecule has 1 aromatic heterocycles. The van der Waals surface area contributed by atoms with E-state index in [1.807, 2.05) is 34.9 Å². The Balaban J connectivity index is 1.80. The van der Waals surface area contributed by atoms with Gasteiger partial charge in [0.15, 0.2) is 11.0 Å². The van der Waals surface area contributed by atoms with Gasteiger partial charge in [0.05, 0.1) is 4.92 Å². The van der Waals surface area contributed by atoms with Crippen molar-refractivity contribution in [1.82, 2.24) is 14.8 Å². The van der Waals surface area contributed by atoms with Crippen LogP contribution >= 0.6 is 27.7 Å². The number of allylic oxidation sites excluding steroid dienone is 1. The molecule has 3 rings (SSSR count). The quantitative estimate of drug-likeness (QED) is 0.225. The Morgan fingerprint density at radius 1 is 1.15 bits per heavy atom. The summed E-state index contributed by atoms with van der Waals surface area (Å²) in [6.07, 6.45) is 1.81. The van der Waals surface area contributed by atoms with Gasteiger partial charge in [0.1, 0.15) is 0 Å². The van der Waals surface area contributed by atoms with Gasteiger partial charge in [0.2, 0.25) is 0 Å². The van der Waals surface area contributed by atoms with Gasteiger partial charge in [0.25, 0.3) is 5.69 Å². The predicted molar refractivity (Wildman–Crippen MR) is 106 cm³/mol. The van der Waals surface area contributed by atoms with Crippen LogP contribution in [0, 0.1) is 10.1 Å². The largest absolute Gasteiger partial charge is 0.298 e. The Hall–Kier alpha value is -2.45. The zero-order valence-electron chi connectivity index (χ0n) is 13.7. The van der Waals surface area contributed by atoms with E-state index in [0.29, 0.717) is 12.3 Å². The Morgan fingerprint density at radius 2 is 1.85 bits per heavy atom. The number of aromatic nitrogens is 3. The monoisotopic (exact) mass is 430 g/mol. The predicted octanol–water partition coefficient (Wildman–Crippen LogP) is 5.09. The van der Waals surface area contributed by atoms with Crippen LogP contribution < -0.4 is 0 Å². The van der Waals surface area contributed by atoms with Gasteiger partial charge >= 0.3 is 0 Å². The van der Waals surface area contributed by atoms with Crippen molar-refractivity contribution in [2.75, 3.05) is 0 Å². The molecule has 0 amide bonds. The second-order valence-electron chi connectivity index (χ2n) is 5.42. The number of hydrogen-bond acceptors (Lipinski definition) is 5. The van der Waals surface area contributed by atoms with Gasteiger partial charge in [-0.25, -0.2) is 0 Å². The summed E-state index contributed by atoms with van der Waals surface area (Å²) >= 11 is 4.97. The number of benzene rings is 2. The highest BCUT2D eigenvalue weighted by atomic mass is 79.9. The van der Waals surface area contributed by atoms with Gasteiger partial charge < -0.3 is 0 Å². The SMILES string of the molecule is C=CCn1c(SCc2ccc([N+](=O)[O-])cc2)nnc1-c1ccc(Br)cc1. The number of nitro groups is 1. The highest BCUT2D eigenvalue weighted by molar-refractivity contribution is 9.10. The zero-order valence-corrected chi connectivity index (χ0v) is 16.1. The Labute approximate surface area is 163 Å². The van der Waals surface area contributed by atoms with Gasteiger partial charge in [-0.3, -0.25) is 14.7 Å². The first-order valence-electron chi connectivity index (χ1n) is 7.74. The van der Waals surface area contributed by atoms with Crippen LogP contribution in [0.3, 0.4) is 0 Å². The molecule has 0 bridgehead atoms. The molecular formula is C18H15BrN4O2S. The maximum Gasteiger partial charge on any atom is 0.269 e. The van der Waals surface area contributed by atoms with E-state index in [1.54, 1.807) is 12.1 Å². The summed E-state index contributed by atoms with van der Waals surface area (Å²) in [5.41, 5.74) is 2.05. The van der Waals surface area contributed by atoms with Crippen LogP contribution in [-0.2, 0) is 12.3 Å². The fraction of sp³-hybridized carbons (Fsp3) is 0.111. The van der Waals surface area contributed by atoms with Crippen molar-refractivity contribution in [2.24, 2.45) is 0 Å². The third kappa shape index (κ3) is 4.20. The minimum Gasteiger partial charge on any atom is -0.298 e. The van der Waals surface area contributed by atoms with Crippen molar-refractivity contribution in [3.63, 3.8) is 0 Å². The molecule has 3 aromatic rings. The van der Waals surface area contributed by atoms with E-state index in [-0.39, 0.29) is 5.69 Å². The summed E-state index contributed by atoms with van der Waals surface area (Å²) in [7, 11) is 0. The third-order valence-electron chi connectivity index (χ3n) is 3.65. The molecule has 0 unspecified atom stereocenters. The molecule has 0 atom stereocenters. The van der Waals surface area contributed by atoms with Crippen molar-refractivity contribution in [3.05, 3.63) is 81.3 Å². The van der Waals surface area contributed by atoms with E-state index in [2.05, 4.69) is 32.7 Å². The van der Waals surface area contributed by atoms with Crippen molar-refractivity contribution >= 4 is 33.4 Å². The fourth-order valence-electron chi connectivity index (χ4n) is 2.36. The van der Waals surface area contributed by atoms with Crippen LogP contribution in [-0.4, -0.2) is 19.7 Å². The zero-order chi connectivity index (χ0) is 18.5. The molecule has 1 heterocycles. The first-order chi connectivity index (χ1) is 12.6. The Bertz CT molecular complexity index is 923. The van der Waals surface area contributed by atoms with E-state index in [4.69, 9.17) is 0 Å². The molecule has 0 spiro atoms. The van der Waals surface area contributed by atoms with Gasteiger partial charge in [-0.2, -0.15) is 0 Å². The molecule has 0 aliphatic rings. The maximum absolute atomic E-state index is 10.7. The highest BCUT2D eigenvalue weighted by Gasteiger charge is 2.14. The number of non-ortho nitro benzene ring substituents is 1. The molecule has 2 aromatic carbocycles. The van der Waals surface area contributed by atoms with Crippen LogP contribution in [0.1, 0.15) is 5.56 Å². The Kier molecular flexibility index (Phi) is 5.85. The lowest BCUT2D eigenvalue weighted by Crippen LogP contribution is -2.00. The third-order valence-corrected chi connectivity index (χ3v) is 5.21. The smallest absolute Gasteiger partial charge is 0.269 e. The first-order valence-corrected chi connectivity index (χ1v) is 9.52. The molecule has 0 N–H and O–H groups in total. The number of rotatable bonds is 7. The molecule has 132 valence electrons. The number of nitro benzene ring substituents is 1. The van der Waals surface area contributed by atoms with Crippen LogP contribution in [0.5, 0.6) is 0 Å². The van der Waals surface area contributed by atoms with E-state index in [9.17, 15) is 10.1 Å². The van der Waals surface area contributed by atoms with E-state index in [1.165, 1.54) is 23.9 Å². The minimum atomic E-state index is -0.401. The average Bonchev–Trinajstić information content (AvgIpc) is 3.04. The summed E-state index contributed by atoms with van der Waals surface area (Å²) in [5.74, 6) is 1.43. The van der Waals surface area contributed by atoms with Gasteiger partial charge in [-0.1, -0.05) is 58.0 Å². The second kappa shape index (κ2) is 8.29. The summed E-state index contributed by atoms with van der Waals surface area (Å²) in [6.45, 7) is 4.41. The summed E-state index contributed by atoms with van der Waals surface area (Å²) in [4.78, 5) is 10.3. The van der Waals surface area contributed by atoms with Crippen LogP contribution in [0.4, 0.5) is 5.69 Å². The lowest BCUT2D eigenvalue weighted by Gasteiger charge is -2.08. The molecule has 8 heteroatoms. The normalized spacial score (nSPS) is 10.7. The molecule has 0 fully saturated rings. The molecule has 0 aliphatic heterocycles. The Morgan fingerprint density at radius 3 is 2.46 bits per heavy atom. The lowest BCUT2D eigenvalue weighted by molar-refractivity contribution is -0.384. The fourth-order valence-corrected chi connectivity index (χ4v) is 3.53. The minimum absolute atomic E-state index is 0.0890. The second-order valence-corrected chi connectivity index (χ2v) is 7.28. The standard InChI is InChI=1S/C18H15BrN4O2S/c1-2-11-22-17(14-5-7-15(19)8-6-14)20-21-18(22)26-12-13-3-9-16(10-4-13)23(24)25/h2-10H,1,11-12H2. The van der Waals surface area contributed by atoms with Crippen molar-refractivity contribution in [3.8, 4) is 11.4 Å². The molecular weight excluding hydrogens is 416 g/mol. The molecule has 0 aliphatic carbocycles. The molecule has 0 saturated carbocycles. The number of hydrogen-bond donors (Lipinski definition) is 0. The number of nitrogens with zero attached hydrogens (tertiary/aromatic N) is 4. The van der Waals surface area contributed by atoms with Crippen LogP contribution in [0.15, 0.2) is 70.8 Å². The van der Waals surface area contributed by atoms with Crippen LogP contribution in [0.2, 0.25) is 0 Å². The molecule has 26 heavy (non-hydrogen) atoms. The van der Waals surface area contributed by atoms with Crippen molar-refractivity contribution in [2.45, 2.75) is 17.5 Å². The van der Waals surface area contributed by atoms with E-state index >= 15 is 0 Å². The molecule has 6 nitrogen and oxygen atoms in total. The first kappa shape index (κ1) is 18.3. The van der Waals surface area contributed by atoms with Gasteiger partial charge in [0, 0.05) is 34.5 Å². The molecule has 0 saturated heterocycles. The number of halogens is 1. The summed E-state index contributed by atoms with van der Waals surface area (Å²) in [6, 6.07) is 14.4. The van der Waals surface area contributed by atoms with Crippen molar-refractivity contribution in [1.29, 1.82) is 0 Å². The van der Waals surface area contributed by atoms with Crippen molar-refractivity contribution < 1.29 is 4.92 Å². The topological polar surface area (TPSA) is 73.8 Å². The average molecular weight is 431 g/mol. The van der Waals surface area contributed by atoms with Gasteiger partial charge in [-0.05, 0) is 17.7 Å². The molecule has 0 radical (unpaired) electrons. The summed E-state index contributed by atoms with van der Waals surface area (Å²) < 4.78 is 3.01. The van der Waals surface area contributed by atoms with Gasteiger partial charge in [-0.15, -0.1) is 16.8 Å². The highest BCUT2D eigenvalue weighted by Crippen LogP contribution is 2.27. The lowest BCUT2D eigenvalue weighted by atomic mass is 10.2. The summed E-state index contributed by atoms with van der Waals surface area (Å²) in [5, 5.41) is 20.1. The van der Waals surface area contributed by atoms with E-state index in [0.717, 1.165) is 26.6 Å². The number of thioether (sulfide) groups is 1.